The van der Waals surface area contributed by atoms with Crippen molar-refractivity contribution in [3.63, 3.8) is 0 Å². The Morgan fingerprint density at radius 1 is 1.12 bits per heavy atom. The predicted molar refractivity (Wildman–Crippen MR) is 103 cm³/mol. The molecule has 0 aliphatic carbocycles. The maximum atomic E-state index is 13.2. The predicted octanol–water partition coefficient (Wildman–Crippen LogP) is 5.06. The van der Waals surface area contributed by atoms with E-state index in [0.29, 0.717) is 22.3 Å². The number of anilines is 1. The number of carbonyl (C=O) groups is 1. The quantitative estimate of drug-likeness (QED) is 0.703. The molecule has 1 amide bonds. The summed E-state index contributed by atoms with van der Waals surface area (Å²) >= 11 is 6.94. The normalized spacial score (nSPS) is 16.1. The van der Waals surface area contributed by atoms with Gasteiger partial charge in [0.15, 0.2) is 5.17 Å². The highest BCUT2D eigenvalue weighted by molar-refractivity contribution is 8.14. The van der Waals surface area contributed by atoms with Gasteiger partial charge in [0.25, 0.3) is 5.91 Å². The van der Waals surface area contributed by atoms with Crippen LogP contribution in [0.5, 0.6) is 0 Å². The smallest absolute Gasteiger partial charge is 0.266 e. The number of nitrogens with zero attached hydrogens (tertiary/aromatic N) is 2. The van der Waals surface area contributed by atoms with E-state index in [0.717, 1.165) is 5.56 Å². The zero-order valence-corrected chi connectivity index (χ0v) is 14.7. The Hall–Kier alpha value is -2.37. The number of amides is 1. The lowest BCUT2D eigenvalue weighted by Gasteiger charge is -2.17. The molecule has 0 atom stereocenters. The molecule has 0 saturated heterocycles. The number of thioether (sulfide) groups is 1. The van der Waals surface area contributed by atoms with Crippen molar-refractivity contribution in [2.75, 3.05) is 10.7 Å². The Morgan fingerprint density at radius 2 is 1.84 bits per heavy atom. The molecule has 25 heavy (non-hydrogen) atoms. The van der Waals surface area contributed by atoms with Crippen LogP contribution in [0.25, 0.3) is 6.08 Å². The molecule has 0 unspecified atom stereocenters. The van der Waals surface area contributed by atoms with Gasteiger partial charge in [0.2, 0.25) is 0 Å². The minimum Gasteiger partial charge on any atom is -0.266 e. The van der Waals surface area contributed by atoms with Gasteiger partial charge in [0.05, 0.1) is 5.69 Å². The molecule has 1 heterocycles. The first-order valence-corrected chi connectivity index (χ1v) is 8.95. The van der Waals surface area contributed by atoms with Gasteiger partial charge in [0, 0.05) is 11.3 Å². The average molecular weight is 373 g/mol. The summed E-state index contributed by atoms with van der Waals surface area (Å²) in [7, 11) is 0. The molecule has 126 valence electrons. The van der Waals surface area contributed by atoms with Crippen molar-refractivity contribution in [2.24, 2.45) is 4.99 Å². The molecule has 0 N–H and O–H groups in total. The van der Waals surface area contributed by atoms with Gasteiger partial charge >= 0.3 is 0 Å². The van der Waals surface area contributed by atoms with Crippen molar-refractivity contribution in [3.8, 4) is 0 Å². The van der Waals surface area contributed by atoms with Crippen LogP contribution in [-0.2, 0) is 4.79 Å². The molecule has 6 heteroatoms. The molecule has 2 aromatic carbocycles. The summed E-state index contributed by atoms with van der Waals surface area (Å²) in [6.45, 7) is 0. The number of rotatable bonds is 4. The largest absolute Gasteiger partial charge is 0.283 e. The third kappa shape index (κ3) is 4.18. The van der Waals surface area contributed by atoms with Crippen LogP contribution in [0, 0.1) is 5.82 Å². The Balaban J connectivity index is 1.95. The van der Waals surface area contributed by atoms with E-state index in [-0.39, 0.29) is 11.7 Å². The van der Waals surface area contributed by atoms with E-state index in [1.807, 2.05) is 30.3 Å². The first-order chi connectivity index (χ1) is 12.2. The molecule has 0 spiro atoms. The minimum atomic E-state index is -0.355. The Kier molecular flexibility index (Phi) is 5.68. The highest BCUT2D eigenvalue weighted by Gasteiger charge is 2.31. The van der Waals surface area contributed by atoms with E-state index in [9.17, 15) is 9.18 Å². The summed E-state index contributed by atoms with van der Waals surface area (Å²) in [4.78, 5) is 18.8. The standard InChI is InChI=1S/C19H14ClFN2OS/c20-11-4-12-25-19-22-17(13-14-5-2-1-3-6-14)18(24)23(19)16-9-7-15(21)8-10-16/h1-11,13H,12H2/b11-4+,17-13+. The number of carbonyl (C=O) groups excluding carboxylic acids is 1. The lowest BCUT2D eigenvalue weighted by molar-refractivity contribution is -0.113. The van der Waals surface area contributed by atoms with E-state index in [2.05, 4.69) is 4.99 Å². The van der Waals surface area contributed by atoms with Crippen LogP contribution in [0.2, 0.25) is 0 Å². The van der Waals surface area contributed by atoms with Gasteiger partial charge in [-0.2, -0.15) is 0 Å². The lowest BCUT2D eigenvalue weighted by atomic mass is 10.2. The summed E-state index contributed by atoms with van der Waals surface area (Å²) in [5.41, 5.74) is 3.23. The van der Waals surface area contributed by atoms with Gasteiger partial charge in [-0.1, -0.05) is 59.8 Å². The lowest BCUT2D eigenvalue weighted by Crippen LogP contribution is -2.30. The topological polar surface area (TPSA) is 32.7 Å². The molecule has 0 radical (unpaired) electrons. The number of amidine groups is 1. The summed E-state index contributed by atoms with van der Waals surface area (Å²) in [5, 5.41) is 0.536. The number of benzene rings is 2. The minimum absolute atomic E-state index is 0.243. The monoisotopic (exact) mass is 372 g/mol. The van der Waals surface area contributed by atoms with E-state index < -0.39 is 0 Å². The van der Waals surface area contributed by atoms with Gasteiger partial charge in [-0.3, -0.25) is 9.69 Å². The molecule has 0 fully saturated rings. The molecular formula is C19H14ClFN2OS. The zero-order chi connectivity index (χ0) is 17.6. The Bertz CT molecular complexity index is 847. The van der Waals surface area contributed by atoms with E-state index >= 15 is 0 Å². The van der Waals surface area contributed by atoms with Gasteiger partial charge in [-0.25, -0.2) is 9.38 Å². The van der Waals surface area contributed by atoms with Crippen molar-refractivity contribution >= 4 is 46.2 Å². The highest BCUT2D eigenvalue weighted by Crippen LogP contribution is 2.29. The van der Waals surface area contributed by atoms with E-state index in [1.165, 1.54) is 34.3 Å². The van der Waals surface area contributed by atoms with Crippen molar-refractivity contribution in [3.05, 3.63) is 83.3 Å². The van der Waals surface area contributed by atoms with Crippen LogP contribution in [0.3, 0.4) is 0 Å². The van der Waals surface area contributed by atoms with Crippen molar-refractivity contribution < 1.29 is 9.18 Å². The molecule has 0 bridgehead atoms. The van der Waals surface area contributed by atoms with Crippen LogP contribution in [0.4, 0.5) is 10.1 Å². The summed E-state index contributed by atoms with van der Waals surface area (Å²) < 4.78 is 13.2. The maximum absolute atomic E-state index is 13.2. The molecule has 1 aliphatic heterocycles. The fourth-order valence-electron chi connectivity index (χ4n) is 2.28. The van der Waals surface area contributed by atoms with Crippen LogP contribution >= 0.6 is 23.4 Å². The maximum Gasteiger partial charge on any atom is 0.283 e. The first kappa shape index (κ1) is 17.5. The van der Waals surface area contributed by atoms with Gasteiger partial charge in [0.1, 0.15) is 11.5 Å². The van der Waals surface area contributed by atoms with Gasteiger partial charge < -0.3 is 0 Å². The van der Waals surface area contributed by atoms with Crippen LogP contribution in [-0.4, -0.2) is 16.8 Å². The summed E-state index contributed by atoms with van der Waals surface area (Å²) in [6, 6.07) is 15.3. The number of hydrogen-bond acceptors (Lipinski definition) is 3. The SMILES string of the molecule is O=C1/C(=C\c2ccccc2)N=C(SC/C=C/Cl)N1c1ccc(F)cc1. The summed E-state index contributed by atoms with van der Waals surface area (Å²) in [6.07, 6.45) is 3.50. The van der Waals surface area contributed by atoms with Gasteiger partial charge in [-0.05, 0) is 35.9 Å². The summed E-state index contributed by atoms with van der Waals surface area (Å²) in [5.74, 6) is -0.0224. The van der Waals surface area contributed by atoms with E-state index in [1.54, 1.807) is 24.3 Å². The Morgan fingerprint density at radius 3 is 2.52 bits per heavy atom. The van der Waals surface area contributed by atoms with Crippen molar-refractivity contribution in [1.82, 2.24) is 0 Å². The highest BCUT2D eigenvalue weighted by atomic mass is 35.5. The number of halogens is 2. The molecule has 3 rings (SSSR count). The van der Waals surface area contributed by atoms with Gasteiger partial charge in [-0.15, -0.1) is 0 Å². The molecule has 0 saturated carbocycles. The fraction of sp³-hybridized carbons (Fsp3) is 0.0526. The Labute approximate surface area is 154 Å². The second-order valence-corrected chi connectivity index (χ2v) is 6.36. The molecule has 1 aliphatic rings. The van der Waals surface area contributed by atoms with Crippen LogP contribution in [0.15, 0.2) is 76.9 Å². The zero-order valence-electron chi connectivity index (χ0n) is 13.1. The molecule has 0 aromatic heterocycles. The third-order valence-electron chi connectivity index (χ3n) is 3.42. The molecule has 2 aromatic rings. The number of aliphatic imine (C=N–C) groups is 1. The second-order valence-electron chi connectivity index (χ2n) is 5.12. The third-order valence-corrected chi connectivity index (χ3v) is 4.48. The number of hydrogen-bond donors (Lipinski definition) is 0. The van der Waals surface area contributed by atoms with E-state index in [4.69, 9.17) is 11.6 Å². The van der Waals surface area contributed by atoms with Crippen molar-refractivity contribution in [2.45, 2.75) is 0 Å². The van der Waals surface area contributed by atoms with Crippen LogP contribution in [0.1, 0.15) is 5.56 Å². The van der Waals surface area contributed by atoms with Crippen LogP contribution < -0.4 is 4.90 Å². The fourth-order valence-corrected chi connectivity index (χ4v) is 3.29. The average Bonchev–Trinajstić information content (AvgIpc) is 2.93. The second kappa shape index (κ2) is 8.14. The first-order valence-electron chi connectivity index (χ1n) is 7.52. The molecule has 3 nitrogen and oxygen atoms in total. The molecular weight excluding hydrogens is 359 g/mol. The van der Waals surface area contributed by atoms with Crippen molar-refractivity contribution in [1.29, 1.82) is 0 Å².